The van der Waals surface area contributed by atoms with Crippen LogP contribution in [-0.4, -0.2) is 59.0 Å². The fourth-order valence-corrected chi connectivity index (χ4v) is 0. The number of ketones is 1. The van der Waals surface area contributed by atoms with Gasteiger partial charge in [0.1, 0.15) is 5.97 Å². The number of Topliss-reactive ketones (excluding diaryl/α,β-unsaturated/α-hetero) is 1. The lowest BCUT2D eigenvalue weighted by Gasteiger charge is -1.76. The first kappa shape index (κ1) is 25.6. The molecule has 0 aromatic rings. The molecule has 0 atom stereocenters. The van der Waals surface area contributed by atoms with Crippen LogP contribution in [0.5, 0.6) is 0 Å². The van der Waals surface area contributed by atoms with Crippen molar-refractivity contribution in [3.05, 3.63) is 0 Å². The number of hydrogen-bond donors (Lipinski definition) is 2. The minimum absolute atomic E-state index is 0.167. The van der Waals surface area contributed by atoms with Crippen LogP contribution < -0.4 is 5.11 Å². The SMILES string of the molecule is CC(=O)C(=O)O.O=CC(=O)O.O=CC(=O)[O-].O=CC=O. The van der Waals surface area contributed by atoms with E-state index in [0.29, 0.717) is 0 Å². The predicted octanol–water partition coefficient (Wildman–Crippen LogP) is -3.75. The molecular formula is C9H9O11-. The molecule has 0 radical (unpaired) electrons. The lowest BCUT2D eigenvalue weighted by Crippen LogP contribution is -2.22. The molecule has 0 amide bonds. The number of carboxylic acids is 3. The van der Waals surface area contributed by atoms with Crippen molar-refractivity contribution in [2.24, 2.45) is 0 Å². The average Bonchev–Trinajstić information content (AvgIpc) is 2.40. The van der Waals surface area contributed by atoms with Gasteiger partial charge in [-0.3, -0.25) is 24.0 Å². The van der Waals surface area contributed by atoms with E-state index in [0.717, 1.165) is 6.92 Å². The molecule has 0 fully saturated rings. The van der Waals surface area contributed by atoms with Crippen LogP contribution in [-0.2, 0) is 38.4 Å². The van der Waals surface area contributed by atoms with E-state index in [-0.39, 0.29) is 25.1 Å². The fraction of sp³-hybridized carbons (Fsp3) is 0.111. The molecule has 0 aliphatic rings. The van der Waals surface area contributed by atoms with Crippen LogP contribution in [0.4, 0.5) is 0 Å². The van der Waals surface area contributed by atoms with Gasteiger partial charge in [-0.2, -0.15) is 0 Å². The third-order valence-electron chi connectivity index (χ3n) is 0.554. The maximum absolute atomic E-state index is 9.54. The number of carbonyl (C=O) groups excluding carboxylic acids is 6. The van der Waals surface area contributed by atoms with Crippen LogP contribution in [0.15, 0.2) is 0 Å². The van der Waals surface area contributed by atoms with Crippen LogP contribution in [0.25, 0.3) is 0 Å². The van der Waals surface area contributed by atoms with E-state index in [4.69, 9.17) is 44.1 Å². The summed E-state index contributed by atoms with van der Waals surface area (Å²) in [6.45, 7) is 1.00. The highest BCUT2D eigenvalue weighted by molar-refractivity contribution is 6.31. The average molecular weight is 293 g/mol. The summed E-state index contributed by atoms with van der Waals surface area (Å²) in [5, 5.41) is 23.9. The molecule has 20 heavy (non-hydrogen) atoms. The topological polar surface area (TPSA) is 200 Å². The summed E-state index contributed by atoms with van der Waals surface area (Å²) in [6, 6.07) is 0. The highest BCUT2D eigenvalue weighted by Crippen LogP contribution is 1.61. The molecule has 0 heterocycles. The summed E-state index contributed by atoms with van der Waals surface area (Å²) < 4.78 is 0. The second-order valence-corrected chi connectivity index (χ2v) is 2.03. The van der Waals surface area contributed by atoms with Gasteiger partial charge in [-0.25, -0.2) is 9.59 Å². The Hall–Kier alpha value is -3.24. The quantitative estimate of drug-likeness (QED) is 0.380. The highest BCUT2D eigenvalue weighted by atomic mass is 16.4. The van der Waals surface area contributed by atoms with E-state index >= 15 is 0 Å². The molecular weight excluding hydrogens is 284 g/mol. The smallest absolute Gasteiger partial charge is 0.371 e. The van der Waals surface area contributed by atoms with Gasteiger partial charge < -0.3 is 20.1 Å². The van der Waals surface area contributed by atoms with Gasteiger partial charge in [0.2, 0.25) is 12.1 Å². The fourth-order valence-electron chi connectivity index (χ4n) is 0. The molecule has 2 N–H and O–H groups in total. The van der Waals surface area contributed by atoms with Crippen molar-refractivity contribution in [1.29, 1.82) is 0 Å². The van der Waals surface area contributed by atoms with Crippen molar-refractivity contribution in [2.75, 3.05) is 0 Å². The highest BCUT2D eigenvalue weighted by Gasteiger charge is 1.98. The monoisotopic (exact) mass is 293 g/mol. The Labute approximate surface area is 110 Å². The molecule has 11 heteroatoms. The Morgan fingerprint density at radius 3 is 1.05 bits per heavy atom. The zero-order valence-electron chi connectivity index (χ0n) is 9.88. The summed E-state index contributed by atoms with van der Waals surface area (Å²) in [5.74, 6) is -5.31. The summed E-state index contributed by atoms with van der Waals surface area (Å²) in [6.07, 6.45) is -0.0556. The number of aldehydes is 4. The van der Waals surface area contributed by atoms with E-state index < -0.39 is 23.7 Å². The summed E-state index contributed by atoms with van der Waals surface area (Å²) in [5.41, 5.74) is 0. The minimum atomic E-state index is -1.68. The van der Waals surface area contributed by atoms with Crippen molar-refractivity contribution in [1.82, 2.24) is 0 Å². The zero-order chi connectivity index (χ0) is 17.1. The van der Waals surface area contributed by atoms with E-state index in [1.165, 1.54) is 0 Å². The third kappa shape index (κ3) is 84.2. The third-order valence-corrected chi connectivity index (χ3v) is 0.554. The van der Waals surface area contributed by atoms with Gasteiger partial charge in [0.05, 0.1) is 0 Å². The minimum Gasteiger partial charge on any atom is -0.542 e. The Bertz CT molecular complexity index is 332. The Balaban J connectivity index is -0.0000000862. The first-order valence-electron chi connectivity index (χ1n) is 4.07. The largest absolute Gasteiger partial charge is 0.542 e. The lowest BCUT2D eigenvalue weighted by molar-refractivity contribution is -0.298. The van der Waals surface area contributed by atoms with Gasteiger partial charge in [0.25, 0.3) is 0 Å². The van der Waals surface area contributed by atoms with E-state index in [9.17, 15) is 9.59 Å². The molecule has 0 aliphatic carbocycles. The molecule has 0 unspecified atom stereocenters. The van der Waals surface area contributed by atoms with Gasteiger partial charge in [0.15, 0.2) is 18.9 Å². The first-order valence-corrected chi connectivity index (χ1v) is 4.07. The van der Waals surface area contributed by atoms with E-state index in [1.807, 2.05) is 0 Å². The lowest BCUT2D eigenvalue weighted by atomic mass is 10.5. The summed E-state index contributed by atoms with van der Waals surface area (Å²) in [4.78, 5) is 72.1. The maximum Gasteiger partial charge on any atom is 0.371 e. The van der Waals surface area contributed by atoms with Gasteiger partial charge >= 0.3 is 11.9 Å². The van der Waals surface area contributed by atoms with Gasteiger partial charge in [-0.15, -0.1) is 0 Å². The van der Waals surface area contributed by atoms with Crippen LogP contribution in [0.2, 0.25) is 0 Å². The van der Waals surface area contributed by atoms with Crippen molar-refractivity contribution in [2.45, 2.75) is 6.92 Å². The number of rotatable bonds is 4. The Kier molecular flexibility index (Phi) is 27.0. The van der Waals surface area contributed by atoms with Crippen LogP contribution in [0.3, 0.4) is 0 Å². The summed E-state index contributed by atoms with van der Waals surface area (Å²) >= 11 is 0. The molecule has 0 saturated carbocycles. The molecule has 0 saturated heterocycles. The molecule has 11 nitrogen and oxygen atoms in total. The summed E-state index contributed by atoms with van der Waals surface area (Å²) in [7, 11) is 0. The number of aliphatic carboxylic acids is 3. The molecule has 0 aliphatic heterocycles. The van der Waals surface area contributed by atoms with Gasteiger partial charge in [0, 0.05) is 6.92 Å². The molecule has 0 aromatic carbocycles. The number of carboxylic acid groups (broad SMARTS) is 3. The Morgan fingerprint density at radius 2 is 1.05 bits per heavy atom. The van der Waals surface area contributed by atoms with Crippen LogP contribution in [0, 0.1) is 0 Å². The van der Waals surface area contributed by atoms with Crippen molar-refractivity contribution >= 4 is 48.8 Å². The molecule has 0 rings (SSSR count). The predicted molar refractivity (Wildman–Crippen MR) is 55.2 cm³/mol. The van der Waals surface area contributed by atoms with E-state index in [1.54, 1.807) is 0 Å². The van der Waals surface area contributed by atoms with Crippen molar-refractivity contribution in [3.63, 3.8) is 0 Å². The molecule has 0 aromatic heterocycles. The molecule has 112 valence electrons. The normalized spacial score (nSPS) is 6.45. The molecule has 0 bridgehead atoms. The van der Waals surface area contributed by atoms with Gasteiger partial charge in [-0.05, 0) is 0 Å². The van der Waals surface area contributed by atoms with Crippen molar-refractivity contribution < 1.29 is 53.7 Å². The standard InChI is InChI=1S/C3H4O3.2C2H2O3.C2H2O2/c1-2(4)3(5)6;2*3-1-2(4)5;3-1-2-4/h1H3,(H,5,6);2*1H,(H,4,5);1-2H/p-1. The van der Waals surface area contributed by atoms with Crippen LogP contribution in [0.1, 0.15) is 6.92 Å². The number of hydrogen-bond acceptors (Lipinski definition) is 9. The van der Waals surface area contributed by atoms with E-state index in [2.05, 4.69) is 0 Å². The zero-order valence-corrected chi connectivity index (χ0v) is 9.88. The number of carbonyl (C=O) groups is 8. The molecule has 0 spiro atoms. The second kappa shape index (κ2) is 21.1. The van der Waals surface area contributed by atoms with Crippen molar-refractivity contribution in [3.8, 4) is 0 Å². The van der Waals surface area contributed by atoms with Gasteiger partial charge in [-0.1, -0.05) is 0 Å². The Morgan fingerprint density at radius 1 is 0.850 bits per heavy atom. The second-order valence-electron chi connectivity index (χ2n) is 2.03. The first-order chi connectivity index (χ1) is 9.10. The van der Waals surface area contributed by atoms with Crippen LogP contribution >= 0.6 is 0 Å². The maximum atomic E-state index is 9.54.